The van der Waals surface area contributed by atoms with Gasteiger partial charge in [0.15, 0.2) is 0 Å². The third-order valence-corrected chi connectivity index (χ3v) is 3.96. The van der Waals surface area contributed by atoms with E-state index < -0.39 is 5.41 Å². The van der Waals surface area contributed by atoms with Gasteiger partial charge in [-0.1, -0.05) is 6.92 Å². The first-order chi connectivity index (χ1) is 8.08. The minimum absolute atomic E-state index is 0.159. The summed E-state index contributed by atoms with van der Waals surface area (Å²) in [4.78, 5) is 14.6. The molecule has 0 spiro atoms. The molecule has 0 aromatic heterocycles. The normalized spacial score (nSPS) is 32.8. The molecular formula is C13H24N2O2. The van der Waals surface area contributed by atoms with Gasteiger partial charge in [0.25, 0.3) is 0 Å². The Morgan fingerprint density at radius 1 is 1.53 bits per heavy atom. The number of carbonyl (C=O) groups excluding carboxylic acids is 1. The standard InChI is InChI=1S/C13H24N2O2/c1-3-6-15(7-10-4-5-10)12(16)13(2)9-17-8-11(13)14/h10-11H,3-9,14H2,1-2H3. The van der Waals surface area contributed by atoms with Gasteiger partial charge in [0.2, 0.25) is 5.91 Å². The van der Waals surface area contributed by atoms with Crippen LogP contribution in [0.4, 0.5) is 0 Å². The zero-order chi connectivity index (χ0) is 12.5. The lowest BCUT2D eigenvalue weighted by atomic mass is 9.84. The molecule has 2 N–H and O–H groups in total. The second-order valence-corrected chi connectivity index (χ2v) is 5.73. The third kappa shape index (κ3) is 2.63. The third-order valence-electron chi connectivity index (χ3n) is 3.96. The van der Waals surface area contributed by atoms with Gasteiger partial charge in [-0.3, -0.25) is 4.79 Å². The van der Waals surface area contributed by atoms with E-state index in [1.54, 1.807) is 0 Å². The fourth-order valence-corrected chi connectivity index (χ4v) is 2.43. The first kappa shape index (κ1) is 12.8. The highest BCUT2D eigenvalue weighted by atomic mass is 16.5. The van der Waals surface area contributed by atoms with E-state index in [4.69, 9.17) is 10.5 Å². The fraction of sp³-hybridized carbons (Fsp3) is 0.923. The van der Waals surface area contributed by atoms with Crippen molar-refractivity contribution in [2.45, 2.75) is 39.2 Å². The monoisotopic (exact) mass is 240 g/mol. The average molecular weight is 240 g/mol. The SMILES string of the molecule is CCCN(CC1CC1)C(=O)C1(C)COCC1N. The lowest BCUT2D eigenvalue weighted by Gasteiger charge is -2.33. The molecule has 1 aliphatic carbocycles. The molecule has 0 bridgehead atoms. The van der Waals surface area contributed by atoms with Crippen LogP contribution in [-0.2, 0) is 9.53 Å². The van der Waals surface area contributed by atoms with E-state index in [2.05, 4.69) is 6.92 Å². The predicted octanol–water partition coefficient (Wildman–Crippen LogP) is 0.999. The number of nitrogens with two attached hydrogens (primary N) is 1. The van der Waals surface area contributed by atoms with Gasteiger partial charge < -0.3 is 15.4 Å². The van der Waals surface area contributed by atoms with E-state index in [-0.39, 0.29) is 11.9 Å². The maximum atomic E-state index is 12.6. The van der Waals surface area contributed by atoms with Crippen molar-refractivity contribution in [3.05, 3.63) is 0 Å². The van der Waals surface area contributed by atoms with Gasteiger partial charge in [-0.15, -0.1) is 0 Å². The molecule has 2 fully saturated rings. The lowest BCUT2D eigenvalue weighted by Crippen LogP contribution is -2.52. The van der Waals surface area contributed by atoms with E-state index in [9.17, 15) is 4.79 Å². The van der Waals surface area contributed by atoms with Gasteiger partial charge in [-0.25, -0.2) is 0 Å². The Bertz CT molecular complexity index is 291. The van der Waals surface area contributed by atoms with Crippen LogP contribution in [0, 0.1) is 11.3 Å². The Morgan fingerprint density at radius 2 is 2.24 bits per heavy atom. The zero-order valence-electron chi connectivity index (χ0n) is 10.9. The number of amides is 1. The van der Waals surface area contributed by atoms with E-state index in [1.165, 1.54) is 12.8 Å². The molecule has 17 heavy (non-hydrogen) atoms. The highest BCUT2D eigenvalue weighted by molar-refractivity contribution is 5.83. The van der Waals surface area contributed by atoms with E-state index in [1.807, 2.05) is 11.8 Å². The van der Waals surface area contributed by atoms with Gasteiger partial charge in [0, 0.05) is 19.1 Å². The molecule has 4 heteroatoms. The Kier molecular flexibility index (Phi) is 3.73. The van der Waals surface area contributed by atoms with Crippen LogP contribution < -0.4 is 5.73 Å². The minimum atomic E-state index is -0.510. The van der Waals surface area contributed by atoms with Crippen LogP contribution >= 0.6 is 0 Å². The largest absolute Gasteiger partial charge is 0.379 e. The first-order valence-electron chi connectivity index (χ1n) is 6.70. The van der Waals surface area contributed by atoms with Gasteiger partial charge >= 0.3 is 0 Å². The van der Waals surface area contributed by atoms with Gasteiger partial charge in [0.05, 0.1) is 18.6 Å². The van der Waals surface area contributed by atoms with Crippen LogP contribution in [0.1, 0.15) is 33.1 Å². The number of ether oxygens (including phenoxy) is 1. The average Bonchev–Trinajstić information content (AvgIpc) is 3.05. The van der Waals surface area contributed by atoms with Crippen LogP contribution in [0.15, 0.2) is 0 Å². The molecule has 2 aliphatic rings. The summed E-state index contributed by atoms with van der Waals surface area (Å²) in [5.41, 5.74) is 5.51. The van der Waals surface area contributed by atoms with Crippen molar-refractivity contribution < 1.29 is 9.53 Å². The molecule has 0 radical (unpaired) electrons. The van der Waals surface area contributed by atoms with Crippen molar-refractivity contribution in [3.8, 4) is 0 Å². The van der Waals surface area contributed by atoms with Crippen molar-refractivity contribution in [2.75, 3.05) is 26.3 Å². The number of nitrogens with zero attached hydrogens (tertiary/aromatic N) is 1. The van der Waals surface area contributed by atoms with Crippen LogP contribution in [0.5, 0.6) is 0 Å². The Balaban J connectivity index is 2.03. The summed E-state index contributed by atoms with van der Waals surface area (Å²) in [6.07, 6.45) is 3.55. The molecule has 2 rings (SSSR count). The number of rotatable bonds is 5. The van der Waals surface area contributed by atoms with Gasteiger partial charge in [-0.05, 0) is 32.1 Å². The van der Waals surface area contributed by atoms with E-state index in [0.29, 0.717) is 13.2 Å². The molecule has 98 valence electrons. The van der Waals surface area contributed by atoms with Crippen molar-refractivity contribution in [3.63, 3.8) is 0 Å². The molecule has 1 heterocycles. The molecule has 1 saturated carbocycles. The Labute approximate surface area is 103 Å². The first-order valence-corrected chi connectivity index (χ1v) is 6.70. The highest BCUT2D eigenvalue weighted by Crippen LogP contribution is 2.34. The summed E-state index contributed by atoms with van der Waals surface area (Å²) in [6.45, 7) is 6.79. The topological polar surface area (TPSA) is 55.6 Å². The second kappa shape index (κ2) is 4.94. The Hall–Kier alpha value is -0.610. The summed E-state index contributed by atoms with van der Waals surface area (Å²) < 4.78 is 5.37. The summed E-state index contributed by atoms with van der Waals surface area (Å²) >= 11 is 0. The Morgan fingerprint density at radius 3 is 2.71 bits per heavy atom. The molecule has 4 nitrogen and oxygen atoms in total. The minimum Gasteiger partial charge on any atom is -0.379 e. The smallest absolute Gasteiger partial charge is 0.232 e. The lowest BCUT2D eigenvalue weighted by molar-refractivity contribution is -0.142. The summed E-state index contributed by atoms with van der Waals surface area (Å²) in [5, 5.41) is 0. The van der Waals surface area contributed by atoms with Gasteiger partial charge in [-0.2, -0.15) is 0 Å². The maximum absolute atomic E-state index is 12.6. The highest BCUT2D eigenvalue weighted by Gasteiger charge is 2.46. The maximum Gasteiger partial charge on any atom is 0.232 e. The number of hydrogen-bond donors (Lipinski definition) is 1. The number of carbonyl (C=O) groups is 1. The summed E-state index contributed by atoms with van der Waals surface area (Å²) in [5.74, 6) is 0.920. The van der Waals surface area contributed by atoms with Crippen molar-refractivity contribution in [1.82, 2.24) is 4.90 Å². The van der Waals surface area contributed by atoms with Crippen molar-refractivity contribution >= 4 is 5.91 Å². The van der Waals surface area contributed by atoms with Crippen LogP contribution in [0.25, 0.3) is 0 Å². The molecule has 2 unspecified atom stereocenters. The molecule has 1 saturated heterocycles. The van der Waals surface area contributed by atoms with Crippen LogP contribution in [-0.4, -0.2) is 43.2 Å². The second-order valence-electron chi connectivity index (χ2n) is 5.73. The molecule has 0 aromatic rings. The predicted molar refractivity (Wildman–Crippen MR) is 66.5 cm³/mol. The number of hydrogen-bond acceptors (Lipinski definition) is 3. The molecule has 1 amide bonds. The molecular weight excluding hydrogens is 216 g/mol. The van der Waals surface area contributed by atoms with Crippen LogP contribution in [0.3, 0.4) is 0 Å². The molecule has 1 aliphatic heterocycles. The van der Waals surface area contributed by atoms with Crippen molar-refractivity contribution in [1.29, 1.82) is 0 Å². The fourth-order valence-electron chi connectivity index (χ4n) is 2.43. The van der Waals surface area contributed by atoms with Crippen LogP contribution in [0.2, 0.25) is 0 Å². The molecule has 0 aromatic carbocycles. The van der Waals surface area contributed by atoms with E-state index in [0.717, 1.165) is 25.4 Å². The molecule has 2 atom stereocenters. The van der Waals surface area contributed by atoms with Crippen molar-refractivity contribution in [2.24, 2.45) is 17.1 Å². The zero-order valence-corrected chi connectivity index (χ0v) is 10.9. The van der Waals surface area contributed by atoms with E-state index >= 15 is 0 Å². The quantitative estimate of drug-likeness (QED) is 0.780. The van der Waals surface area contributed by atoms with Gasteiger partial charge in [0.1, 0.15) is 0 Å². The summed E-state index contributed by atoms with van der Waals surface area (Å²) in [6, 6.07) is -0.159. The summed E-state index contributed by atoms with van der Waals surface area (Å²) in [7, 11) is 0.